The van der Waals surface area contributed by atoms with Crippen molar-refractivity contribution < 1.29 is 41.8 Å². The standard InChI is InChI=1S/C25H29F3N4O6/c1-16(2)37-12-6-11-29-23(34)24(35)32-30-14-17-9-10-20(21(13-17)36-3)38-15-22(33)31-19-8-5-4-7-18(19)25(26,27)28/h4-5,7-10,13-14,16H,6,11-12,15H2,1-3H3,(H,29,34)(H,31,33)(H,32,35)/b30-14-. The first-order valence-electron chi connectivity index (χ1n) is 11.5. The van der Waals surface area contributed by atoms with Crippen LogP contribution in [0.1, 0.15) is 31.4 Å². The molecule has 3 N–H and O–H groups in total. The molecule has 0 saturated carbocycles. The van der Waals surface area contributed by atoms with E-state index in [2.05, 4.69) is 21.2 Å². The first-order valence-corrected chi connectivity index (χ1v) is 11.5. The first kappa shape index (κ1) is 30.1. The second-order valence-electron chi connectivity index (χ2n) is 8.02. The summed E-state index contributed by atoms with van der Waals surface area (Å²) in [4.78, 5) is 35.8. The van der Waals surface area contributed by atoms with Gasteiger partial charge in [-0.15, -0.1) is 0 Å². The summed E-state index contributed by atoms with van der Waals surface area (Å²) in [6.45, 7) is 3.93. The molecule has 0 unspecified atom stereocenters. The van der Waals surface area contributed by atoms with Crippen molar-refractivity contribution in [2.24, 2.45) is 5.10 Å². The summed E-state index contributed by atoms with van der Waals surface area (Å²) in [6.07, 6.45) is -2.74. The number of alkyl halides is 3. The number of carbonyl (C=O) groups excluding carboxylic acids is 3. The number of anilines is 1. The summed E-state index contributed by atoms with van der Waals surface area (Å²) < 4.78 is 55.2. The van der Waals surface area contributed by atoms with Gasteiger partial charge < -0.3 is 24.8 Å². The van der Waals surface area contributed by atoms with E-state index in [1.807, 2.05) is 13.8 Å². The third kappa shape index (κ3) is 10.1. The molecule has 38 heavy (non-hydrogen) atoms. The molecule has 0 aliphatic rings. The van der Waals surface area contributed by atoms with Crippen LogP contribution in [0, 0.1) is 0 Å². The molecule has 0 radical (unpaired) electrons. The maximum absolute atomic E-state index is 13.1. The summed E-state index contributed by atoms with van der Waals surface area (Å²) in [6, 6.07) is 9.05. The third-order valence-corrected chi connectivity index (χ3v) is 4.70. The fourth-order valence-corrected chi connectivity index (χ4v) is 2.94. The second kappa shape index (κ2) is 14.6. The minimum atomic E-state index is -4.63. The number of nitrogens with zero attached hydrogens (tertiary/aromatic N) is 1. The molecule has 0 aliphatic carbocycles. The van der Waals surface area contributed by atoms with Crippen LogP contribution >= 0.6 is 0 Å². The Bertz CT molecular complexity index is 1140. The zero-order valence-corrected chi connectivity index (χ0v) is 21.1. The zero-order valence-electron chi connectivity index (χ0n) is 21.1. The number of rotatable bonds is 12. The Morgan fingerprint density at radius 3 is 2.47 bits per heavy atom. The third-order valence-electron chi connectivity index (χ3n) is 4.70. The SMILES string of the molecule is COc1cc(/C=N\NC(=O)C(=O)NCCCOC(C)C)ccc1OCC(=O)Nc1ccccc1C(F)(F)F. The molecule has 0 atom stereocenters. The predicted molar refractivity (Wildman–Crippen MR) is 133 cm³/mol. The number of carbonyl (C=O) groups is 3. The minimum absolute atomic E-state index is 0.0805. The zero-order chi connectivity index (χ0) is 28.1. The van der Waals surface area contributed by atoms with Crippen molar-refractivity contribution in [3.05, 3.63) is 53.6 Å². The minimum Gasteiger partial charge on any atom is -0.493 e. The van der Waals surface area contributed by atoms with Crippen LogP contribution in [0.5, 0.6) is 11.5 Å². The fraction of sp³-hybridized carbons (Fsp3) is 0.360. The van der Waals surface area contributed by atoms with Crippen LogP contribution < -0.4 is 25.5 Å². The molecule has 0 aromatic heterocycles. The Labute approximate surface area is 217 Å². The Balaban J connectivity index is 1.87. The summed E-state index contributed by atoms with van der Waals surface area (Å²) in [5.41, 5.74) is 1.20. The van der Waals surface area contributed by atoms with E-state index in [0.717, 1.165) is 12.1 Å². The van der Waals surface area contributed by atoms with E-state index >= 15 is 0 Å². The molecule has 0 aliphatic heterocycles. The number of hydrogen-bond donors (Lipinski definition) is 3. The van der Waals surface area contributed by atoms with E-state index in [1.54, 1.807) is 0 Å². The van der Waals surface area contributed by atoms with Gasteiger partial charge in [0.05, 0.1) is 30.7 Å². The van der Waals surface area contributed by atoms with Gasteiger partial charge in [0.25, 0.3) is 5.91 Å². The second-order valence-corrected chi connectivity index (χ2v) is 8.02. The van der Waals surface area contributed by atoms with Crippen molar-refractivity contribution in [3.8, 4) is 11.5 Å². The number of hydrazone groups is 1. The van der Waals surface area contributed by atoms with Crippen LogP contribution in [0.4, 0.5) is 18.9 Å². The number of amides is 3. The Morgan fingerprint density at radius 2 is 1.79 bits per heavy atom. The van der Waals surface area contributed by atoms with Crippen LogP contribution in [0.15, 0.2) is 47.6 Å². The van der Waals surface area contributed by atoms with Crippen LogP contribution in [0.2, 0.25) is 0 Å². The van der Waals surface area contributed by atoms with Gasteiger partial charge in [-0.3, -0.25) is 14.4 Å². The van der Waals surface area contributed by atoms with Crippen LogP contribution in [0.3, 0.4) is 0 Å². The van der Waals surface area contributed by atoms with Gasteiger partial charge >= 0.3 is 18.0 Å². The van der Waals surface area contributed by atoms with Gasteiger partial charge in [0.1, 0.15) is 0 Å². The molecule has 0 heterocycles. The van der Waals surface area contributed by atoms with Crippen molar-refractivity contribution >= 4 is 29.6 Å². The number of ether oxygens (including phenoxy) is 3. The van der Waals surface area contributed by atoms with Gasteiger partial charge in [0.15, 0.2) is 18.1 Å². The average molecular weight is 539 g/mol. The number of methoxy groups -OCH3 is 1. The molecule has 0 saturated heterocycles. The highest BCUT2D eigenvalue weighted by atomic mass is 19.4. The van der Waals surface area contributed by atoms with Crippen molar-refractivity contribution in [1.29, 1.82) is 0 Å². The van der Waals surface area contributed by atoms with Crippen molar-refractivity contribution in [1.82, 2.24) is 10.7 Å². The van der Waals surface area contributed by atoms with Gasteiger partial charge in [-0.05, 0) is 56.2 Å². The molecule has 0 bridgehead atoms. The number of para-hydroxylation sites is 1. The van der Waals surface area contributed by atoms with Crippen molar-refractivity contribution in [2.45, 2.75) is 32.5 Å². The topological polar surface area (TPSA) is 127 Å². The maximum atomic E-state index is 13.1. The lowest BCUT2D eigenvalue weighted by atomic mass is 10.1. The average Bonchev–Trinajstić information content (AvgIpc) is 2.86. The number of hydrogen-bond acceptors (Lipinski definition) is 7. The first-order chi connectivity index (χ1) is 18.0. The molecular formula is C25H29F3N4O6. The van der Waals surface area contributed by atoms with Gasteiger partial charge in [-0.2, -0.15) is 18.3 Å². The number of halogens is 3. The van der Waals surface area contributed by atoms with E-state index in [-0.39, 0.29) is 29.8 Å². The number of benzene rings is 2. The molecule has 206 valence electrons. The van der Waals surface area contributed by atoms with Gasteiger partial charge in [0.2, 0.25) is 0 Å². The molecule has 0 fully saturated rings. The smallest absolute Gasteiger partial charge is 0.418 e. The summed E-state index contributed by atoms with van der Waals surface area (Å²) in [5, 5.41) is 8.35. The lowest BCUT2D eigenvalue weighted by Crippen LogP contribution is -2.38. The Morgan fingerprint density at radius 1 is 1.05 bits per heavy atom. The predicted octanol–water partition coefficient (Wildman–Crippen LogP) is 3.11. The summed E-state index contributed by atoms with van der Waals surface area (Å²) in [7, 11) is 1.35. The molecule has 0 spiro atoms. The van der Waals surface area contributed by atoms with E-state index in [9.17, 15) is 27.6 Å². The van der Waals surface area contributed by atoms with Crippen LogP contribution in [-0.2, 0) is 25.3 Å². The summed E-state index contributed by atoms with van der Waals surface area (Å²) >= 11 is 0. The van der Waals surface area contributed by atoms with Crippen molar-refractivity contribution in [3.63, 3.8) is 0 Å². The van der Waals surface area contributed by atoms with Crippen LogP contribution in [-0.4, -0.2) is 56.9 Å². The number of nitrogens with one attached hydrogen (secondary N) is 3. The molecule has 2 aromatic carbocycles. The van der Waals surface area contributed by atoms with Crippen LogP contribution in [0.25, 0.3) is 0 Å². The molecule has 2 rings (SSSR count). The highest BCUT2D eigenvalue weighted by Gasteiger charge is 2.33. The van der Waals surface area contributed by atoms with E-state index in [1.165, 1.54) is 43.7 Å². The molecule has 10 nitrogen and oxygen atoms in total. The highest BCUT2D eigenvalue weighted by Crippen LogP contribution is 2.34. The van der Waals surface area contributed by atoms with Crippen molar-refractivity contribution in [2.75, 3.05) is 32.2 Å². The van der Waals surface area contributed by atoms with E-state index in [0.29, 0.717) is 18.6 Å². The van der Waals surface area contributed by atoms with Gasteiger partial charge in [-0.25, -0.2) is 5.43 Å². The molecular weight excluding hydrogens is 509 g/mol. The lowest BCUT2D eigenvalue weighted by Gasteiger charge is -2.14. The lowest BCUT2D eigenvalue weighted by molar-refractivity contribution is -0.139. The quantitative estimate of drug-likeness (QED) is 0.165. The fourth-order valence-electron chi connectivity index (χ4n) is 2.94. The molecule has 2 aromatic rings. The largest absolute Gasteiger partial charge is 0.493 e. The Kier molecular flexibility index (Phi) is 11.5. The molecule has 13 heteroatoms. The highest BCUT2D eigenvalue weighted by molar-refractivity contribution is 6.35. The maximum Gasteiger partial charge on any atom is 0.418 e. The van der Waals surface area contributed by atoms with Gasteiger partial charge in [0, 0.05) is 13.2 Å². The molecule has 3 amide bonds. The van der Waals surface area contributed by atoms with Gasteiger partial charge in [-0.1, -0.05) is 12.1 Å². The Hall–Kier alpha value is -4.13. The van der Waals surface area contributed by atoms with E-state index < -0.39 is 36.1 Å². The normalized spacial score (nSPS) is 11.3. The monoisotopic (exact) mass is 538 g/mol. The summed E-state index contributed by atoms with van der Waals surface area (Å²) in [5.74, 6) is -2.25. The van der Waals surface area contributed by atoms with E-state index in [4.69, 9.17) is 14.2 Å².